The zero-order chi connectivity index (χ0) is 43.0. The van der Waals surface area contributed by atoms with Gasteiger partial charge in [-0.2, -0.15) is 4.73 Å². The maximum Gasteiger partial charge on any atom is 0.368 e. The number of carbonyl (C=O) groups excluding carboxylic acids is 5. The fourth-order valence-corrected chi connectivity index (χ4v) is 7.52. The molecule has 10 N–H and O–H groups in total. The van der Waals surface area contributed by atoms with Gasteiger partial charge in [-0.15, -0.1) is 0 Å². The number of carbonyl (C=O) groups is 5. The summed E-state index contributed by atoms with van der Waals surface area (Å²) in [4.78, 5) is 78.3. The van der Waals surface area contributed by atoms with Crippen LogP contribution in [0.4, 0.5) is 0 Å². The second-order valence-corrected chi connectivity index (χ2v) is 15.5. The molecule has 8 bridgehead atoms. The van der Waals surface area contributed by atoms with Gasteiger partial charge in [-0.05, 0) is 101 Å². The van der Waals surface area contributed by atoms with E-state index in [2.05, 4.69) is 51.3 Å². The molecule has 0 atom stereocenters. The monoisotopic (exact) mass is 882 g/mol. The minimum Gasteiger partial charge on any atom is -0.460 e. The normalized spacial score (nSPS) is 20.4. The summed E-state index contributed by atoms with van der Waals surface area (Å²) >= 11 is 16.3. The van der Waals surface area contributed by atoms with Crippen LogP contribution in [0.25, 0.3) is 0 Å². The van der Waals surface area contributed by atoms with Gasteiger partial charge in [0.1, 0.15) is 38.5 Å². The Morgan fingerprint density at radius 1 is 0.500 bits per heavy atom. The molecule has 0 aliphatic carbocycles. The molecule has 0 saturated heterocycles. The van der Waals surface area contributed by atoms with Crippen LogP contribution in [0.3, 0.4) is 0 Å². The lowest BCUT2D eigenvalue weighted by Crippen LogP contribution is -2.73. The highest BCUT2D eigenvalue weighted by Gasteiger charge is 2.19. The number of pyridine rings is 3. The van der Waals surface area contributed by atoms with Crippen LogP contribution >= 0.6 is 36.7 Å². The Morgan fingerprint density at radius 2 is 0.883 bits per heavy atom. The second kappa shape index (κ2) is 22.9. The van der Waals surface area contributed by atoms with Crippen LogP contribution in [-0.4, -0.2) is 149 Å². The fraction of sp³-hybridized carbons (Fsp3) is 0.462. The number of aromatic nitrogens is 3. The molecule has 0 aromatic carbocycles. The number of hydrogen-bond acceptors (Lipinski definition) is 11. The number of hydrogen-bond donors (Lipinski definition) is 10. The van der Waals surface area contributed by atoms with Gasteiger partial charge in [0.05, 0.1) is 11.1 Å². The van der Waals surface area contributed by atoms with Crippen molar-refractivity contribution in [2.45, 2.75) is 38.5 Å². The van der Waals surface area contributed by atoms with Gasteiger partial charge in [-0.25, -0.2) is 4.99 Å². The third kappa shape index (κ3) is 13.1. The highest BCUT2D eigenvalue weighted by atomic mass is 32.1. The average molecular weight is 883 g/mol. The molecule has 3 aromatic rings. The smallest absolute Gasteiger partial charge is 0.368 e. The van der Waals surface area contributed by atoms with Crippen molar-refractivity contribution in [2.75, 3.05) is 78.5 Å². The molecule has 0 radical (unpaired) electrons. The van der Waals surface area contributed by atoms with Crippen LogP contribution in [0.1, 0.15) is 96.3 Å². The van der Waals surface area contributed by atoms with E-state index in [0.29, 0.717) is 115 Å². The van der Waals surface area contributed by atoms with E-state index in [9.17, 15) is 34.3 Å². The van der Waals surface area contributed by atoms with Crippen LogP contribution < -0.4 is 31.6 Å². The van der Waals surface area contributed by atoms with Gasteiger partial charge in [-0.1, -0.05) is 36.7 Å². The average Bonchev–Trinajstić information content (AvgIpc) is 3.23. The van der Waals surface area contributed by atoms with Gasteiger partial charge in [0.2, 0.25) is 0 Å². The summed E-state index contributed by atoms with van der Waals surface area (Å²) in [6.45, 7) is 5.47. The number of nitrogens with zero attached hydrogens (tertiary/aromatic N) is 3. The van der Waals surface area contributed by atoms with Crippen molar-refractivity contribution in [2.24, 2.45) is 0 Å². The summed E-state index contributed by atoms with van der Waals surface area (Å²) in [5.74, 6) is -2.25. The van der Waals surface area contributed by atoms with Crippen molar-refractivity contribution in [3.63, 3.8) is 0 Å². The maximum absolute atomic E-state index is 13.1. The molecular formula is C39H52N11O7S3+. The molecule has 12 aliphatic heterocycles. The Bertz CT molecular complexity index is 2160. The molecule has 18 nitrogen and oxygen atoms in total. The number of nitrogens with one attached hydrogen (secondary N) is 8. The Hall–Kier alpha value is -5.35. The van der Waals surface area contributed by atoms with E-state index >= 15 is 0 Å². The predicted octanol–water partition coefficient (Wildman–Crippen LogP) is 0.976. The highest BCUT2D eigenvalue weighted by molar-refractivity contribution is 7.71. The topological polar surface area (TPSA) is 243 Å². The van der Waals surface area contributed by atoms with E-state index in [1.165, 1.54) is 36.4 Å². The molecule has 12 aliphatic rings. The first kappa shape index (κ1) is 45.7. The number of aliphatic hydroxyl groups is 1. The van der Waals surface area contributed by atoms with E-state index in [0.717, 1.165) is 0 Å². The standard InChI is InChI=1S/C39H51N11O7S3/c51-31-25-7-10-28(46-37(25)58)34(54)43-16-4-22-49-23-5-17-44-35(55)29-11-8-26(38(59)47-29)32(52)41-14-2-20-48(19-1-13-40-31)21-3-15-42-33(53)27-9-12-30(50(57)39(27)60)36(56)45-18-6-24-49/h7-12,57H,1-6,13-24H2,(H,40,51)(H,41,52)(H,42,53)(H,43,54)(H,44,55)(H,45,56)(H,46,58)(H,47,59)/p+1. The zero-order valence-electron chi connectivity index (χ0n) is 33.2. The summed E-state index contributed by atoms with van der Waals surface area (Å²) in [5, 5.41) is 36.1. The van der Waals surface area contributed by atoms with E-state index in [1.54, 1.807) is 0 Å². The van der Waals surface area contributed by atoms with Crippen LogP contribution in [0.2, 0.25) is 0 Å². The van der Waals surface area contributed by atoms with E-state index in [4.69, 9.17) is 36.7 Å². The predicted molar refractivity (Wildman–Crippen MR) is 231 cm³/mol. The quantitative estimate of drug-likeness (QED) is 0.112. The third-order valence-corrected chi connectivity index (χ3v) is 11.0. The van der Waals surface area contributed by atoms with Gasteiger partial charge in [-0.3, -0.25) is 24.0 Å². The third-order valence-electron chi connectivity index (χ3n) is 9.97. The molecule has 0 fully saturated rings. The van der Waals surface area contributed by atoms with Crippen molar-refractivity contribution < 1.29 is 39.3 Å². The van der Waals surface area contributed by atoms with E-state index in [1.807, 2.05) is 0 Å². The molecule has 0 spiro atoms. The van der Waals surface area contributed by atoms with Crippen LogP contribution in [0, 0.1) is 13.9 Å². The first-order valence-corrected chi connectivity index (χ1v) is 21.2. The first-order valence-electron chi connectivity index (χ1n) is 20.0. The SMILES string of the molecule is O=C1NCCCN2CCCNC(=O)c3ccc(c(=S)[nH]3)C(=O)NCCCN(CCCNC(=O)c3ccc1[nH]c3=S)CCC[NH+]=C(O)c1ccc(n(O)c1=S)C(=O)NCCC2. The lowest BCUT2D eigenvalue weighted by atomic mass is 10.2. The lowest BCUT2D eigenvalue weighted by molar-refractivity contribution is -0.466. The van der Waals surface area contributed by atoms with Gasteiger partial charge in [0.15, 0.2) is 4.64 Å². The molecule has 322 valence electrons. The molecular weight excluding hydrogens is 831 g/mol. The fourth-order valence-electron chi connectivity index (χ4n) is 6.72. The Morgan fingerprint density at radius 3 is 1.32 bits per heavy atom. The summed E-state index contributed by atoms with van der Waals surface area (Å²) in [7, 11) is 0. The summed E-state index contributed by atoms with van der Waals surface area (Å²) in [6.07, 6.45) is 3.45. The van der Waals surface area contributed by atoms with Crippen molar-refractivity contribution in [1.29, 1.82) is 0 Å². The number of amides is 5. The molecule has 3 aromatic heterocycles. The highest BCUT2D eigenvalue weighted by Crippen LogP contribution is 2.09. The van der Waals surface area contributed by atoms with E-state index < -0.39 is 5.91 Å². The first-order chi connectivity index (χ1) is 28.9. The largest absolute Gasteiger partial charge is 0.460 e. The molecule has 21 heteroatoms. The van der Waals surface area contributed by atoms with Crippen LogP contribution in [0.5, 0.6) is 0 Å². The minimum absolute atomic E-state index is 0.0904. The Kier molecular flexibility index (Phi) is 17.4. The molecule has 15 heterocycles. The summed E-state index contributed by atoms with van der Waals surface area (Å²) in [5.41, 5.74) is 1.01. The molecule has 0 unspecified atom stereocenters. The van der Waals surface area contributed by atoms with Gasteiger partial charge in [0.25, 0.3) is 29.5 Å². The number of aliphatic hydroxyl groups excluding tert-OH is 1. The van der Waals surface area contributed by atoms with Gasteiger partial charge in [0, 0.05) is 45.7 Å². The number of H-pyrrole nitrogens is 2. The van der Waals surface area contributed by atoms with Gasteiger partial charge >= 0.3 is 5.90 Å². The Labute approximate surface area is 362 Å². The molecule has 5 amide bonds. The lowest BCUT2D eigenvalue weighted by Gasteiger charge is -2.23. The minimum atomic E-state index is -0.544. The Balaban J connectivity index is 1.41. The molecule has 15 rings (SSSR count). The maximum atomic E-state index is 13.1. The van der Waals surface area contributed by atoms with E-state index in [-0.39, 0.29) is 83.8 Å². The number of rotatable bonds is 0. The van der Waals surface area contributed by atoms with Crippen molar-refractivity contribution in [3.05, 3.63) is 84.1 Å². The number of aromatic amines is 2. The van der Waals surface area contributed by atoms with Gasteiger partial charge < -0.3 is 56.7 Å². The van der Waals surface area contributed by atoms with Crippen LogP contribution in [0.15, 0.2) is 36.4 Å². The van der Waals surface area contributed by atoms with Crippen molar-refractivity contribution in [3.8, 4) is 0 Å². The second-order valence-electron chi connectivity index (χ2n) is 14.3. The van der Waals surface area contributed by atoms with Crippen molar-refractivity contribution in [1.82, 2.24) is 51.1 Å². The molecule has 60 heavy (non-hydrogen) atoms. The molecule has 0 saturated carbocycles. The summed E-state index contributed by atoms with van der Waals surface area (Å²) < 4.78 is 0.723. The van der Waals surface area contributed by atoms with Crippen LogP contribution in [-0.2, 0) is 0 Å². The van der Waals surface area contributed by atoms with Crippen molar-refractivity contribution >= 4 is 72.1 Å². The zero-order valence-corrected chi connectivity index (χ0v) is 35.6. The summed E-state index contributed by atoms with van der Waals surface area (Å²) in [6, 6.07) is 8.98.